The number of hydrogen-bond donors (Lipinski definition) is 2. The molecule has 0 radical (unpaired) electrons. The van der Waals surface area contributed by atoms with Crippen LogP contribution in [0.5, 0.6) is 0 Å². The van der Waals surface area contributed by atoms with Crippen LogP contribution in [0.15, 0.2) is 48.8 Å². The monoisotopic (exact) mass is 564 g/mol. The highest BCUT2D eigenvalue weighted by Crippen LogP contribution is 2.41. The molecule has 2 aromatic carbocycles. The lowest BCUT2D eigenvalue weighted by atomic mass is 10.0. The molecule has 9 nitrogen and oxygen atoms in total. The Morgan fingerprint density at radius 1 is 0.833 bits per heavy atom. The Hall–Kier alpha value is -4.24. The number of amides is 1. The number of rotatable bonds is 4. The fourth-order valence-corrected chi connectivity index (χ4v) is 6.57. The van der Waals surface area contributed by atoms with Crippen molar-refractivity contribution in [3.05, 3.63) is 71.6 Å². The number of hydrogen-bond acceptors (Lipinski definition) is 6. The number of aromatic amines is 2. The van der Waals surface area contributed by atoms with E-state index in [1.54, 1.807) is 11.1 Å². The number of likely N-dealkylation sites (tertiary alicyclic amines) is 2. The predicted octanol–water partition coefficient (Wildman–Crippen LogP) is 6.52. The van der Waals surface area contributed by atoms with Crippen molar-refractivity contribution in [2.24, 2.45) is 0 Å². The molecule has 42 heavy (non-hydrogen) atoms. The summed E-state index contributed by atoms with van der Waals surface area (Å²) in [7, 11) is 2.14. The molecule has 3 aliphatic rings. The molecule has 2 aliphatic heterocycles. The fourth-order valence-electron chi connectivity index (χ4n) is 6.57. The van der Waals surface area contributed by atoms with Crippen LogP contribution < -0.4 is 0 Å². The quantitative estimate of drug-likeness (QED) is 0.257. The van der Waals surface area contributed by atoms with E-state index in [0.29, 0.717) is 23.7 Å². The lowest BCUT2D eigenvalue weighted by Gasteiger charge is -2.27. The van der Waals surface area contributed by atoms with Crippen LogP contribution in [0.4, 0.5) is 4.79 Å². The molecule has 4 aromatic rings. The summed E-state index contributed by atoms with van der Waals surface area (Å²) in [5.74, 6) is 1.73. The molecule has 2 N–H and O–H groups in total. The van der Waals surface area contributed by atoms with Gasteiger partial charge in [-0.1, -0.05) is 24.3 Å². The zero-order valence-corrected chi connectivity index (χ0v) is 24.5. The predicted molar refractivity (Wildman–Crippen MR) is 160 cm³/mol. The van der Waals surface area contributed by atoms with Gasteiger partial charge in [-0.2, -0.15) is 0 Å². The molecule has 9 heteroatoms. The number of benzene rings is 2. The van der Waals surface area contributed by atoms with E-state index in [4.69, 9.17) is 4.74 Å². The van der Waals surface area contributed by atoms with Gasteiger partial charge in [0.15, 0.2) is 5.78 Å². The first-order chi connectivity index (χ1) is 20.2. The number of carbonyl (C=O) groups is 2. The van der Waals surface area contributed by atoms with Gasteiger partial charge >= 0.3 is 6.09 Å². The van der Waals surface area contributed by atoms with Crippen LogP contribution in [0.3, 0.4) is 0 Å². The van der Waals surface area contributed by atoms with E-state index in [9.17, 15) is 9.59 Å². The van der Waals surface area contributed by atoms with Crippen LogP contribution in [0.1, 0.15) is 86.1 Å². The smallest absolute Gasteiger partial charge is 0.410 e. The molecule has 1 aliphatic carbocycles. The van der Waals surface area contributed by atoms with Gasteiger partial charge in [0, 0.05) is 28.8 Å². The summed E-state index contributed by atoms with van der Waals surface area (Å²) in [6.07, 6.45) is 7.33. The number of carbonyl (C=O) groups excluding carboxylic acids is 2. The largest absolute Gasteiger partial charge is 0.444 e. The molecule has 2 atom stereocenters. The van der Waals surface area contributed by atoms with Crippen molar-refractivity contribution in [2.75, 3.05) is 20.1 Å². The molecule has 0 saturated carbocycles. The second-order valence-electron chi connectivity index (χ2n) is 12.7. The molecule has 2 saturated heterocycles. The summed E-state index contributed by atoms with van der Waals surface area (Å²) in [6, 6.07) is 12.2. The van der Waals surface area contributed by atoms with E-state index in [2.05, 4.69) is 37.9 Å². The third kappa shape index (κ3) is 4.61. The number of fused-ring (bicyclic) bond motifs is 3. The van der Waals surface area contributed by atoms with Crippen molar-refractivity contribution in [3.63, 3.8) is 0 Å². The molecular weight excluding hydrogens is 528 g/mol. The minimum absolute atomic E-state index is 0.0191. The lowest BCUT2D eigenvalue weighted by Crippen LogP contribution is -2.36. The third-order valence-corrected chi connectivity index (χ3v) is 8.66. The SMILES string of the molecule is CN1CCC[C@H]1c1ncc(-c2ccc3c(c2)C(=O)c2cc(-c4cnc([C@@H]5CCCN5C(=O)OC(C)(C)C)[nH]4)ccc2-3)[nH]1. The highest BCUT2D eigenvalue weighted by Gasteiger charge is 2.35. The summed E-state index contributed by atoms with van der Waals surface area (Å²) in [5, 5.41) is 0. The highest BCUT2D eigenvalue weighted by atomic mass is 16.6. The van der Waals surface area contributed by atoms with Crippen molar-refractivity contribution < 1.29 is 14.3 Å². The maximum absolute atomic E-state index is 13.6. The van der Waals surface area contributed by atoms with Crippen LogP contribution in [0.2, 0.25) is 0 Å². The van der Waals surface area contributed by atoms with Gasteiger partial charge in [0.25, 0.3) is 0 Å². The Labute approximate surface area is 245 Å². The minimum Gasteiger partial charge on any atom is -0.444 e. The third-order valence-electron chi connectivity index (χ3n) is 8.66. The summed E-state index contributed by atoms with van der Waals surface area (Å²) < 4.78 is 5.62. The maximum Gasteiger partial charge on any atom is 0.410 e. The number of ketones is 1. The summed E-state index contributed by atoms with van der Waals surface area (Å²) >= 11 is 0. The van der Waals surface area contributed by atoms with E-state index in [1.807, 2.05) is 57.3 Å². The average Bonchev–Trinajstić information content (AvgIpc) is 3.78. The second-order valence-corrected chi connectivity index (χ2v) is 12.7. The van der Waals surface area contributed by atoms with Crippen LogP contribution in [-0.2, 0) is 4.74 Å². The summed E-state index contributed by atoms with van der Waals surface area (Å²) in [4.78, 5) is 46.7. The Balaban J connectivity index is 1.12. The first-order valence-electron chi connectivity index (χ1n) is 14.8. The minimum atomic E-state index is -0.554. The Morgan fingerprint density at radius 3 is 1.93 bits per heavy atom. The van der Waals surface area contributed by atoms with Crippen molar-refractivity contribution in [1.82, 2.24) is 29.7 Å². The van der Waals surface area contributed by atoms with Crippen molar-refractivity contribution in [2.45, 2.75) is 64.1 Å². The fraction of sp³-hybridized carbons (Fsp3) is 0.394. The Kier molecular flexibility index (Phi) is 6.31. The standard InChI is InChI=1S/C33H36N6O3/c1-33(2,3)42-32(41)39-14-6-8-28(39)31-35-18-26(37-31)20-10-12-22-21-11-9-19(15-23(21)29(40)24(22)16-20)25-17-34-30(36-25)27-7-5-13-38(27)4/h9-12,15-18,27-28H,5-8,13-14H2,1-4H3,(H,34,36)(H,35,37)/t27-,28-/m0/s1. The zero-order chi connectivity index (χ0) is 29.2. The number of aromatic nitrogens is 4. The molecular formula is C33H36N6O3. The summed E-state index contributed by atoms with van der Waals surface area (Å²) in [6.45, 7) is 7.34. The normalized spacial score (nSPS) is 20.3. The maximum atomic E-state index is 13.6. The average molecular weight is 565 g/mol. The summed E-state index contributed by atoms with van der Waals surface area (Å²) in [5.41, 5.74) is 6.31. The molecule has 1 amide bonds. The van der Waals surface area contributed by atoms with Gasteiger partial charge in [-0.25, -0.2) is 14.8 Å². The van der Waals surface area contributed by atoms with Gasteiger partial charge in [-0.3, -0.25) is 14.6 Å². The van der Waals surface area contributed by atoms with E-state index < -0.39 is 5.60 Å². The molecule has 0 spiro atoms. The van der Waals surface area contributed by atoms with Gasteiger partial charge < -0.3 is 14.7 Å². The first-order valence-corrected chi connectivity index (χ1v) is 14.8. The van der Waals surface area contributed by atoms with Crippen LogP contribution in [0.25, 0.3) is 33.6 Å². The highest BCUT2D eigenvalue weighted by molar-refractivity contribution is 6.22. The zero-order valence-electron chi connectivity index (χ0n) is 24.5. The lowest BCUT2D eigenvalue weighted by molar-refractivity contribution is 0.0218. The molecule has 0 unspecified atom stereocenters. The van der Waals surface area contributed by atoms with E-state index in [-0.39, 0.29) is 17.9 Å². The number of imidazole rings is 2. The molecule has 2 fully saturated rings. The van der Waals surface area contributed by atoms with E-state index >= 15 is 0 Å². The first kappa shape index (κ1) is 26.6. The van der Waals surface area contributed by atoms with Crippen molar-refractivity contribution in [3.8, 4) is 33.6 Å². The topological polar surface area (TPSA) is 107 Å². The van der Waals surface area contributed by atoms with Crippen LogP contribution >= 0.6 is 0 Å². The van der Waals surface area contributed by atoms with Gasteiger partial charge in [0.05, 0.1) is 35.9 Å². The number of ether oxygens (including phenoxy) is 1. The van der Waals surface area contributed by atoms with Gasteiger partial charge in [-0.05, 0) is 83.3 Å². The van der Waals surface area contributed by atoms with E-state index in [0.717, 1.165) is 71.1 Å². The van der Waals surface area contributed by atoms with E-state index in [1.165, 1.54) is 6.42 Å². The molecule has 7 rings (SSSR count). The number of nitrogens with one attached hydrogen (secondary N) is 2. The number of nitrogens with zero attached hydrogens (tertiary/aromatic N) is 4. The van der Waals surface area contributed by atoms with Crippen molar-refractivity contribution in [1.29, 1.82) is 0 Å². The second kappa shape index (κ2) is 9.94. The molecule has 216 valence electrons. The number of H-pyrrole nitrogens is 2. The molecule has 2 aromatic heterocycles. The van der Waals surface area contributed by atoms with Gasteiger partial charge in [0.1, 0.15) is 17.2 Å². The van der Waals surface area contributed by atoms with Gasteiger partial charge in [-0.15, -0.1) is 0 Å². The molecule has 0 bridgehead atoms. The Bertz CT molecular complexity index is 1700. The molecule has 4 heterocycles. The van der Waals surface area contributed by atoms with Crippen molar-refractivity contribution >= 4 is 11.9 Å². The van der Waals surface area contributed by atoms with Gasteiger partial charge in [0.2, 0.25) is 0 Å². The van der Waals surface area contributed by atoms with Crippen LogP contribution in [-0.4, -0.2) is 67.4 Å². The van der Waals surface area contributed by atoms with Crippen LogP contribution in [0, 0.1) is 0 Å². The Morgan fingerprint density at radius 2 is 1.38 bits per heavy atom.